The van der Waals surface area contributed by atoms with Gasteiger partial charge in [0, 0.05) is 16.6 Å². The van der Waals surface area contributed by atoms with E-state index in [2.05, 4.69) is 55.5 Å². The average Bonchev–Trinajstić information content (AvgIpc) is 2.41. The van der Waals surface area contributed by atoms with E-state index < -0.39 is 0 Å². The fourth-order valence-electron chi connectivity index (χ4n) is 2.28. The third kappa shape index (κ3) is 1.74. The maximum Gasteiger partial charge on any atom is 0.0473 e. The Morgan fingerprint density at radius 1 is 0.778 bits per heavy atom. The van der Waals surface area contributed by atoms with E-state index in [9.17, 15) is 0 Å². The van der Waals surface area contributed by atoms with Crippen LogP contribution in [0.15, 0.2) is 60.7 Å². The van der Waals surface area contributed by atoms with E-state index >= 15 is 0 Å². The SMILES string of the molecule is Cc1ccc(-c2ccc3ccccc3c2N)cc1. The van der Waals surface area contributed by atoms with E-state index in [1.54, 1.807) is 0 Å². The first-order valence-corrected chi connectivity index (χ1v) is 6.10. The molecule has 3 aromatic rings. The lowest BCUT2D eigenvalue weighted by Gasteiger charge is -2.09. The molecule has 0 aliphatic rings. The number of aryl methyl sites for hydroxylation is 1. The van der Waals surface area contributed by atoms with E-state index in [0.717, 1.165) is 16.6 Å². The minimum atomic E-state index is 0.858. The normalized spacial score (nSPS) is 10.7. The van der Waals surface area contributed by atoms with E-state index in [0.29, 0.717) is 0 Å². The van der Waals surface area contributed by atoms with Gasteiger partial charge in [-0.2, -0.15) is 0 Å². The molecule has 0 fully saturated rings. The first kappa shape index (κ1) is 10.8. The highest BCUT2D eigenvalue weighted by Gasteiger charge is 2.05. The molecule has 18 heavy (non-hydrogen) atoms. The number of anilines is 1. The third-order valence-electron chi connectivity index (χ3n) is 3.33. The van der Waals surface area contributed by atoms with Crippen LogP contribution in [0, 0.1) is 6.92 Å². The molecule has 0 saturated carbocycles. The molecule has 0 aliphatic heterocycles. The molecule has 1 nitrogen and oxygen atoms in total. The summed E-state index contributed by atoms with van der Waals surface area (Å²) in [4.78, 5) is 0. The van der Waals surface area contributed by atoms with Crippen LogP contribution in [0.25, 0.3) is 21.9 Å². The van der Waals surface area contributed by atoms with Gasteiger partial charge in [-0.1, -0.05) is 66.2 Å². The summed E-state index contributed by atoms with van der Waals surface area (Å²) in [5.41, 5.74) is 10.7. The van der Waals surface area contributed by atoms with E-state index in [-0.39, 0.29) is 0 Å². The molecule has 0 spiro atoms. The summed E-state index contributed by atoms with van der Waals surface area (Å²) in [7, 11) is 0. The summed E-state index contributed by atoms with van der Waals surface area (Å²) in [5.74, 6) is 0. The number of rotatable bonds is 1. The average molecular weight is 233 g/mol. The molecular weight excluding hydrogens is 218 g/mol. The van der Waals surface area contributed by atoms with Gasteiger partial charge in [-0.15, -0.1) is 0 Å². The quantitative estimate of drug-likeness (QED) is 0.619. The van der Waals surface area contributed by atoms with Gasteiger partial charge in [-0.3, -0.25) is 0 Å². The number of benzene rings is 3. The van der Waals surface area contributed by atoms with E-state index in [4.69, 9.17) is 5.73 Å². The number of hydrogen-bond donors (Lipinski definition) is 1. The minimum absolute atomic E-state index is 0.858. The Kier molecular flexibility index (Phi) is 2.52. The van der Waals surface area contributed by atoms with Crippen molar-refractivity contribution in [3.05, 3.63) is 66.2 Å². The van der Waals surface area contributed by atoms with Crippen LogP contribution in [0.1, 0.15) is 5.56 Å². The van der Waals surface area contributed by atoms with Crippen LogP contribution in [0.2, 0.25) is 0 Å². The fourth-order valence-corrected chi connectivity index (χ4v) is 2.28. The van der Waals surface area contributed by atoms with Gasteiger partial charge in [0.2, 0.25) is 0 Å². The summed E-state index contributed by atoms with van der Waals surface area (Å²) < 4.78 is 0. The van der Waals surface area contributed by atoms with Gasteiger partial charge in [0.25, 0.3) is 0 Å². The largest absolute Gasteiger partial charge is 0.398 e. The zero-order valence-electron chi connectivity index (χ0n) is 10.4. The van der Waals surface area contributed by atoms with Crippen LogP contribution >= 0.6 is 0 Å². The Hall–Kier alpha value is -2.28. The molecule has 2 N–H and O–H groups in total. The highest BCUT2D eigenvalue weighted by molar-refractivity contribution is 6.00. The lowest BCUT2D eigenvalue weighted by atomic mass is 9.98. The first-order chi connectivity index (χ1) is 8.75. The summed E-state index contributed by atoms with van der Waals surface area (Å²) in [5, 5.41) is 2.31. The Balaban J connectivity index is 2.24. The van der Waals surface area contributed by atoms with Crippen molar-refractivity contribution < 1.29 is 0 Å². The maximum absolute atomic E-state index is 6.29. The Bertz CT molecular complexity index is 696. The summed E-state index contributed by atoms with van der Waals surface area (Å²) in [6, 6.07) is 20.9. The van der Waals surface area contributed by atoms with E-state index in [1.807, 2.05) is 12.1 Å². The highest BCUT2D eigenvalue weighted by atomic mass is 14.6. The monoisotopic (exact) mass is 233 g/mol. The van der Waals surface area contributed by atoms with Crippen LogP contribution in [0.5, 0.6) is 0 Å². The van der Waals surface area contributed by atoms with Crippen molar-refractivity contribution in [1.82, 2.24) is 0 Å². The van der Waals surface area contributed by atoms with Gasteiger partial charge in [-0.05, 0) is 17.9 Å². The van der Waals surface area contributed by atoms with Crippen molar-refractivity contribution in [3.63, 3.8) is 0 Å². The molecule has 0 radical (unpaired) electrons. The van der Waals surface area contributed by atoms with Gasteiger partial charge in [-0.25, -0.2) is 0 Å². The summed E-state index contributed by atoms with van der Waals surface area (Å²) >= 11 is 0. The van der Waals surface area contributed by atoms with Gasteiger partial charge in [0.15, 0.2) is 0 Å². The van der Waals surface area contributed by atoms with Gasteiger partial charge in [0.1, 0.15) is 0 Å². The number of hydrogen-bond acceptors (Lipinski definition) is 1. The standard InChI is InChI=1S/C17H15N/c1-12-6-8-14(9-7-12)16-11-10-13-4-2-3-5-15(13)17(16)18/h2-11H,18H2,1H3. The van der Waals surface area contributed by atoms with Crippen molar-refractivity contribution in [2.24, 2.45) is 0 Å². The molecule has 0 atom stereocenters. The van der Waals surface area contributed by atoms with Crippen LogP contribution in [-0.4, -0.2) is 0 Å². The Morgan fingerprint density at radius 2 is 1.50 bits per heavy atom. The molecule has 0 saturated heterocycles. The molecule has 0 bridgehead atoms. The smallest absolute Gasteiger partial charge is 0.0473 e. The molecule has 0 aliphatic carbocycles. The molecule has 1 heteroatoms. The van der Waals surface area contributed by atoms with Crippen molar-refractivity contribution in [3.8, 4) is 11.1 Å². The summed E-state index contributed by atoms with van der Waals surface area (Å²) in [6.45, 7) is 2.09. The molecule has 0 amide bonds. The topological polar surface area (TPSA) is 26.0 Å². The number of fused-ring (bicyclic) bond motifs is 1. The molecule has 88 valence electrons. The lowest BCUT2D eigenvalue weighted by Crippen LogP contribution is -1.91. The molecule has 0 unspecified atom stereocenters. The van der Waals surface area contributed by atoms with Gasteiger partial charge in [0.05, 0.1) is 0 Å². The number of nitrogens with two attached hydrogens (primary N) is 1. The lowest BCUT2D eigenvalue weighted by molar-refractivity contribution is 1.47. The van der Waals surface area contributed by atoms with Crippen LogP contribution < -0.4 is 5.73 Å². The van der Waals surface area contributed by atoms with Crippen molar-refractivity contribution in [2.75, 3.05) is 5.73 Å². The summed E-state index contributed by atoms with van der Waals surface area (Å²) in [6.07, 6.45) is 0. The van der Waals surface area contributed by atoms with Crippen LogP contribution in [0.4, 0.5) is 5.69 Å². The van der Waals surface area contributed by atoms with Gasteiger partial charge >= 0.3 is 0 Å². The minimum Gasteiger partial charge on any atom is -0.398 e. The Morgan fingerprint density at radius 3 is 2.28 bits per heavy atom. The van der Waals surface area contributed by atoms with Crippen LogP contribution in [-0.2, 0) is 0 Å². The molecular formula is C17H15N. The second-order valence-electron chi connectivity index (χ2n) is 4.61. The molecule has 0 aromatic heterocycles. The predicted octanol–water partition coefficient (Wildman–Crippen LogP) is 4.40. The van der Waals surface area contributed by atoms with Crippen LogP contribution in [0.3, 0.4) is 0 Å². The maximum atomic E-state index is 6.29. The second-order valence-corrected chi connectivity index (χ2v) is 4.61. The van der Waals surface area contributed by atoms with Gasteiger partial charge < -0.3 is 5.73 Å². The molecule has 0 heterocycles. The van der Waals surface area contributed by atoms with Crippen molar-refractivity contribution in [1.29, 1.82) is 0 Å². The Labute approximate surface area is 107 Å². The second kappa shape index (κ2) is 4.19. The first-order valence-electron chi connectivity index (χ1n) is 6.10. The fraction of sp³-hybridized carbons (Fsp3) is 0.0588. The molecule has 3 rings (SSSR count). The van der Waals surface area contributed by atoms with Crippen molar-refractivity contribution >= 4 is 16.5 Å². The zero-order valence-corrected chi connectivity index (χ0v) is 10.4. The highest BCUT2D eigenvalue weighted by Crippen LogP contribution is 2.32. The van der Waals surface area contributed by atoms with E-state index in [1.165, 1.54) is 16.5 Å². The zero-order chi connectivity index (χ0) is 12.5. The van der Waals surface area contributed by atoms with Crippen molar-refractivity contribution in [2.45, 2.75) is 6.92 Å². The number of nitrogen functional groups attached to an aromatic ring is 1. The third-order valence-corrected chi connectivity index (χ3v) is 3.33. The molecule has 3 aromatic carbocycles. The predicted molar refractivity (Wildman–Crippen MR) is 78.5 cm³/mol.